The monoisotopic (exact) mass is 161 g/mol. The van der Waals surface area contributed by atoms with Crippen LogP contribution in [-0.4, -0.2) is 29.3 Å². The number of nitrogens with two attached hydrogens (primary N) is 1. The van der Waals surface area contributed by atoms with Gasteiger partial charge >= 0.3 is 5.97 Å². The van der Waals surface area contributed by atoms with Crippen LogP contribution in [0.2, 0.25) is 0 Å². The van der Waals surface area contributed by atoms with E-state index in [2.05, 4.69) is 4.74 Å². The Morgan fingerprint density at radius 1 is 1.45 bits per heavy atom. The first kappa shape index (κ1) is 10.4. The van der Waals surface area contributed by atoms with Gasteiger partial charge in [-0.25, -0.2) is 4.79 Å². The van der Waals surface area contributed by atoms with Gasteiger partial charge in [0, 0.05) is 5.54 Å². The van der Waals surface area contributed by atoms with E-state index in [-0.39, 0.29) is 0 Å². The summed E-state index contributed by atoms with van der Waals surface area (Å²) in [5, 5.41) is 9.52. The quantitative estimate of drug-likeness (QED) is 0.543. The highest BCUT2D eigenvalue weighted by Gasteiger charge is 2.44. The lowest BCUT2D eigenvalue weighted by molar-refractivity contribution is -0.166. The molecule has 0 amide bonds. The molecule has 0 bridgehead atoms. The first-order chi connectivity index (χ1) is 4.73. The molecule has 0 aliphatic heterocycles. The first-order valence-electron chi connectivity index (χ1n) is 3.33. The first-order valence-corrected chi connectivity index (χ1v) is 3.33. The van der Waals surface area contributed by atoms with Crippen LogP contribution in [0.25, 0.3) is 0 Å². The van der Waals surface area contributed by atoms with Gasteiger partial charge in [0.15, 0.2) is 5.60 Å². The average Bonchev–Trinajstić information content (AvgIpc) is 1.83. The largest absolute Gasteiger partial charge is 0.467 e. The predicted molar refractivity (Wildman–Crippen MR) is 40.9 cm³/mol. The highest BCUT2D eigenvalue weighted by atomic mass is 16.5. The van der Waals surface area contributed by atoms with Gasteiger partial charge in [-0.1, -0.05) is 0 Å². The normalized spacial score (nSPS) is 17.3. The van der Waals surface area contributed by atoms with Crippen LogP contribution in [0, 0.1) is 0 Å². The summed E-state index contributed by atoms with van der Waals surface area (Å²) < 4.78 is 4.37. The van der Waals surface area contributed by atoms with Gasteiger partial charge in [0.25, 0.3) is 0 Å². The molecule has 4 nitrogen and oxygen atoms in total. The Morgan fingerprint density at radius 2 is 1.82 bits per heavy atom. The van der Waals surface area contributed by atoms with Crippen LogP contribution >= 0.6 is 0 Å². The highest BCUT2D eigenvalue weighted by Crippen LogP contribution is 2.19. The molecule has 0 aromatic rings. The molecule has 0 heterocycles. The number of esters is 1. The van der Waals surface area contributed by atoms with Crippen molar-refractivity contribution in [2.45, 2.75) is 31.9 Å². The third-order valence-corrected chi connectivity index (χ3v) is 1.84. The Kier molecular flexibility index (Phi) is 2.64. The predicted octanol–water partition coefficient (Wildman–Crippen LogP) is -0.352. The zero-order chi connectivity index (χ0) is 9.28. The van der Waals surface area contributed by atoms with E-state index < -0.39 is 17.1 Å². The van der Waals surface area contributed by atoms with Crippen LogP contribution < -0.4 is 5.73 Å². The fourth-order valence-corrected chi connectivity index (χ4v) is 0.462. The fourth-order valence-electron chi connectivity index (χ4n) is 0.462. The van der Waals surface area contributed by atoms with Gasteiger partial charge < -0.3 is 15.6 Å². The van der Waals surface area contributed by atoms with Gasteiger partial charge in [-0.2, -0.15) is 0 Å². The molecule has 4 heteroatoms. The molecule has 0 saturated carbocycles. The summed E-state index contributed by atoms with van der Waals surface area (Å²) in [5.74, 6) is -0.718. The molecule has 1 atom stereocenters. The Morgan fingerprint density at radius 3 is 1.91 bits per heavy atom. The number of carbonyl (C=O) groups is 1. The van der Waals surface area contributed by atoms with Crippen molar-refractivity contribution in [2.75, 3.05) is 7.11 Å². The molecular weight excluding hydrogens is 146 g/mol. The lowest BCUT2D eigenvalue weighted by Gasteiger charge is -2.33. The SMILES string of the molecule is COC(=O)C(C)(O)C(C)(C)N. The van der Waals surface area contributed by atoms with E-state index in [1.54, 1.807) is 13.8 Å². The maximum absolute atomic E-state index is 10.9. The number of hydrogen-bond acceptors (Lipinski definition) is 4. The van der Waals surface area contributed by atoms with Gasteiger partial charge in [0.2, 0.25) is 0 Å². The molecule has 1 unspecified atom stereocenters. The van der Waals surface area contributed by atoms with E-state index in [0.717, 1.165) is 0 Å². The summed E-state index contributed by atoms with van der Waals surface area (Å²) in [4.78, 5) is 10.9. The van der Waals surface area contributed by atoms with E-state index >= 15 is 0 Å². The lowest BCUT2D eigenvalue weighted by atomic mass is 9.85. The summed E-state index contributed by atoms with van der Waals surface area (Å²) in [6, 6.07) is 0. The number of carbonyl (C=O) groups excluding carboxylic acids is 1. The van der Waals surface area contributed by atoms with E-state index in [1.165, 1.54) is 14.0 Å². The van der Waals surface area contributed by atoms with Crippen molar-refractivity contribution in [2.24, 2.45) is 5.73 Å². The second-order valence-electron chi connectivity index (χ2n) is 3.29. The average molecular weight is 161 g/mol. The minimum Gasteiger partial charge on any atom is -0.467 e. The van der Waals surface area contributed by atoms with Crippen molar-refractivity contribution in [3.63, 3.8) is 0 Å². The summed E-state index contributed by atoms with van der Waals surface area (Å²) in [6.07, 6.45) is 0. The van der Waals surface area contributed by atoms with Gasteiger partial charge in [-0.15, -0.1) is 0 Å². The Hall–Kier alpha value is -0.610. The van der Waals surface area contributed by atoms with E-state index in [0.29, 0.717) is 0 Å². The lowest BCUT2D eigenvalue weighted by Crippen LogP contribution is -2.59. The van der Waals surface area contributed by atoms with Crippen molar-refractivity contribution in [1.82, 2.24) is 0 Å². The van der Waals surface area contributed by atoms with Gasteiger partial charge in [0.05, 0.1) is 7.11 Å². The molecular formula is C7H15NO3. The van der Waals surface area contributed by atoms with E-state index in [1.807, 2.05) is 0 Å². The Labute approximate surface area is 66.3 Å². The minimum absolute atomic E-state index is 0.718. The maximum Gasteiger partial charge on any atom is 0.339 e. The summed E-state index contributed by atoms with van der Waals surface area (Å²) in [5.41, 5.74) is 2.90. The standard InChI is InChI=1S/C7H15NO3/c1-6(2,8)7(3,10)5(9)11-4/h10H,8H2,1-4H3. The smallest absolute Gasteiger partial charge is 0.339 e. The van der Waals surface area contributed by atoms with E-state index in [4.69, 9.17) is 5.73 Å². The Bertz CT molecular complexity index is 158. The van der Waals surface area contributed by atoms with Gasteiger partial charge in [0.1, 0.15) is 0 Å². The van der Waals surface area contributed by atoms with E-state index in [9.17, 15) is 9.90 Å². The maximum atomic E-state index is 10.9. The zero-order valence-electron chi connectivity index (χ0n) is 7.34. The molecule has 0 rings (SSSR count). The van der Waals surface area contributed by atoms with Gasteiger partial charge in [-0.05, 0) is 20.8 Å². The van der Waals surface area contributed by atoms with Crippen molar-refractivity contribution >= 4 is 5.97 Å². The summed E-state index contributed by atoms with van der Waals surface area (Å²) in [6.45, 7) is 4.45. The molecule has 3 N–H and O–H groups in total. The number of ether oxygens (including phenoxy) is 1. The van der Waals surface area contributed by atoms with Crippen molar-refractivity contribution in [1.29, 1.82) is 0 Å². The molecule has 0 fully saturated rings. The number of rotatable bonds is 2. The van der Waals surface area contributed by atoms with Crippen LogP contribution in [0.5, 0.6) is 0 Å². The molecule has 0 aromatic heterocycles. The highest BCUT2D eigenvalue weighted by molar-refractivity contribution is 5.80. The molecule has 0 saturated heterocycles. The fraction of sp³-hybridized carbons (Fsp3) is 0.857. The molecule has 0 spiro atoms. The van der Waals surface area contributed by atoms with Gasteiger partial charge in [-0.3, -0.25) is 0 Å². The van der Waals surface area contributed by atoms with Crippen molar-refractivity contribution in [3.8, 4) is 0 Å². The Balaban J connectivity index is 4.59. The zero-order valence-corrected chi connectivity index (χ0v) is 7.34. The molecule has 0 aliphatic carbocycles. The van der Waals surface area contributed by atoms with Crippen molar-refractivity contribution in [3.05, 3.63) is 0 Å². The summed E-state index contributed by atoms with van der Waals surface area (Å²) in [7, 11) is 1.21. The second-order valence-corrected chi connectivity index (χ2v) is 3.29. The molecule has 0 radical (unpaired) electrons. The molecule has 0 aliphatic rings. The van der Waals surface area contributed by atoms with Crippen LogP contribution in [0.4, 0.5) is 0 Å². The van der Waals surface area contributed by atoms with Crippen LogP contribution in [0.3, 0.4) is 0 Å². The third-order valence-electron chi connectivity index (χ3n) is 1.84. The number of hydrogen-bond donors (Lipinski definition) is 2. The third kappa shape index (κ3) is 1.91. The van der Waals surface area contributed by atoms with Crippen molar-refractivity contribution < 1.29 is 14.6 Å². The summed E-state index contributed by atoms with van der Waals surface area (Å²) >= 11 is 0. The van der Waals surface area contributed by atoms with Crippen LogP contribution in [0.15, 0.2) is 0 Å². The van der Waals surface area contributed by atoms with Crippen LogP contribution in [0.1, 0.15) is 20.8 Å². The number of aliphatic hydroxyl groups is 1. The topological polar surface area (TPSA) is 72.5 Å². The molecule has 11 heavy (non-hydrogen) atoms. The number of methoxy groups -OCH3 is 1. The minimum atomic E-state index is -1.64. The van der Waals surface area contributed by atoms with Crippen LogP contribution in [-0.2, 0) is 9.53 Å². The molecule has 66 valence electrons. The molecule has 0 aromatic carbocycles. The second kappa shape index (κ2) is 2.79.